The van der Waals surface area contributed by atoms with Crippen LogP contribution in [0.5, 0.6) is 0 Å². The minimum Gasteiger partial charge on any atom is -0.454 e. The number of rotatable bonds is 9. The number of ether oxygens (including phenoxy) is 1. The molecule has 1 unspecified atom stereocenters. The number of nitrogens with one attached hydrogen (secondary N) is 2. The lowest BCUT2D eigenvalue weighted by Crippen LogP contribution is -2.43. The molecule has 0 fully saturated rings. The van der Waals surface area contributed by atoms with E-state index in [1.54, 1.807) is 12.1 Å². The zero-order valence-corrected chi connectivity index (χ0v) is 18.4. The van der Waals surface area contributed by atoms with E-state index in [1.165, 1.54) is 36.0 Å². The molecule has 0 aliphatic heterocycles. The van der Waals surface area contributed by atoms with Crippen LogP contribution in [0.15, 0.2) is 48.5 Å². The Morgan fingerprint density at radius 2 is 1.75 bits per heavy atom. The first kappa shape index (κ1) is 25.5. The van der Waals surface area contributed by atoms with E-state index < -0.39 is 47.9 Å². The molecule has 2 rings (SSSR count). The fourth-order valence-corrected chi connectivity index (χ4v) is 3.32. The molecule has 172 valence electrons. The smallest absolute Gasteiger partial charge is 0.418 e. The van der Waals surface area contributed by atoms with E-state index in [2.05, 4.69) is 10.6 Å². The summed E-state index contributed by atoms with van der Waals surface area (Å²) in [5.74, 6) is -1.93. The summed E-state index contributed by atoms with van der Waals surface area (Å²) in [6.07, 6.45) is -2.63. The number of alkyl halides is 3. The van der Waals surface area contributed by atoms with E-state index in [0.29, 0.717) is 5.75 Å². The number of hydrogen-bond acceptors (Lipinski definition) is 5. The summed E-state index contributed by atoms with van der Waals surface area (Å²) in [6, 6.07) is 9.64. The fourth-order valence-electron chi connectivity index (χ4n) is 2.63. The largest absolute Gasteiger partial charge is 0.454 e. The lowest BCUT2D eigenvalue weighted by atomic mass is 10.1. The Hall–Kier alpha value is -2.72. The number of carbonyl (C=O) groups is 3. The standard InChI is InChI=1S/C21H20ClF3N2O4S/c1-32-11-10-17(27-19(29)13-6-2-4-8-15(13)22)20(30)31-12-18(28)26-16-9-5-3-7-14(16)21(23,24)25/h2-9,17H,10-12H2,1H3,(H,26,28)(H,27,29). The van der Waals surface area contributed by atoms with E-state index in [9.17, 15) is 27.6 Å². The Labute approximate surface area is 191 Å². The molecule has 32 heavy (non-hydrogen) atoms. The van der Waals surface area contributed by atoms with Crippen LogP contribution in [0.25, 0.3) is 0 Å². The number of benzene rings is 2. The van der Waals surface area contributed by atoms with E-state index in [1.807, 2.05) is 6.26 Å². The Morgan fingerprint density at radius 1 is 1.09 bits per heavy atom. The molecular weight excluding hydrogens is 469 g/mol. The number of anilines is 1. The van der Waals surface area contributed by atoms with Crippen molar-refractivity contribution < 1.29 is 32.3 Å². The van der Waals surface area contributed by atoms with E-state index in [0.717, 1.165) is 12.1 Å². The van der Waals surface area contributed by atoms with Crippen LogP contribution in [0.1, 0.15) is 22.3 Å². The van der Waals surface area contributed by atoms with Gasteiger partial charge >= 0.3 is 12.1 Å². The molecule has 0 bridgehead atoms. The van der Waals surface area contributed by atoms with E-state index >= 15 is 0 Å². The van der Waals surface area contributed by atoms with E-state index in [-0.39, 0.29) is 17.0 Å². The molecule has 0 radical (unpaired) electrons. The lowest BCUT2D eigenvalue weighted by molar-refractivity contribution is -0.149. The summed E-state index contributed by atoms with van der Waals surface area (Å²) in [6.45, 7) is -0.817. The minimum atomic E-state index is -4.66. The van der Waals surface area contributed by atoms with Crippen molar-refractivity contribution in [3.05, 3.63) is 64.7 Å². The molecule has 0 aliphatic rings. The Kier molecular flexibility index (Phi) is 9.40. The number of hydrogen-bond donors (Lipinski definition) is 2. The number of thioether (sulfide) groups is 1. The number of esters is 1. The molecule has 6 nitrogen and oxygen atoms in total. The topological polar surface area (TPSA) is 84.5 Å². The highest BCUT2D eigenvalue weighted by Gasteiger charge is 2.33. The molecule has 0 saturated carbocycles. The third-order valence-corrected chi connectivity index (χ3v) is 5.14. The number of carbonyl (C=O) groups excluding carboxylic acids is 3. The van der Waals surface area contributed by atoms with Gasteiger partial charge in [0.1, 0.15) is 6.04 Å². The Bertz CT molecular complexity index is 972. The van der Waals surface area contributed by atoms with Gasteiger partial charge < -0.3 is 15.4 Å². The third-order valence-electron chi connectivity index (χ3n) is 4.17. The molecule has 2 amide bonds. The number of amides is 2. The minimum absolute atomic E-state index is 0.164. The van der Waals surface area contributed by atoms with Gasteiger partial charge in [-0.2, -0.15) is 24.9 Å². The second-order valence-electron chi connectivity index (χ2n) is 6.49. The SMILES string of the molecule is CSCCC(NC(=O)c1ccccc1Cl)C(=O)OCC(=O)Nc1ccccc1C(F)(F)F. The number of halogens is 4. The summed E-state index contributed by atoms with van der Waals surface area (Å²) >= 11 is 7.43. The third kappa shape index (κ3) is 7.45. The van der Waals surface area contributed by atoms with Gasteiger partial charge in [0, 0.05) is 0 Å². The van der Waals surface area contributed by atoms with Crippen molar-refractivity contribution >= 4 is 46.8 Å². The van der Waals surface area contributed by atoms with Crippen LogP contribution in [0, 0.1) is 0 Å². The predicted octanol–water partition coefficient (Wildman–Crippen LogP) is 4.39. The maximum absolute atomic E-state index is 13.0. The van der Waals surface area contributed by atoms with Crippen molar-refractivity contribution in [2.24, 2.45) is 0 Å². The predicted molar refractivity (Wildman–Crippen MR) is 117 cm³/mol. The molecule has 0 aromatic heterocycles. The average Bonchev–Trinajstić information content (AvgIpc) is 2.74. The summed E-state index contributed by atoms with van der Waals surface area (Å²) in [5.41, 5.74) is -1.31. The van der Waals surface area contributed by atoms with Gasteiger partial charge in [0.15, 0.2) is 6.61 Å². The molecule has 0 heterocycles. The van der Waals surface area contributed by atoms with Crippen LogP contribution in [0.2, 0.25) is 5.02 Å². The second kappa shape index (κ2) is 11.8. The van der Waals surface area contributed by atoms with Crippen LogP contribution < -0.4 is 10.6 Å². The molecule has 0 spiro atoms. The zero-order chi connectivity index (χ0) is 23.7. The van der Waals surface area contributed by atoms with Gasteiger partial charge in [-0.05, 0) is 42.7 Å². The molecule has 0 saturated heterocycles. The second-order valence-corrected chi connectivity index (χ2v) is 7.88. The molecule has 11 heteroatoms. The quantitative estimate of drug-likeness (QED) is 0.511. The first-order valence-electron chi connectivity index (χ1n) is 9.30. The van der Waals surface area contributed by atoms with Crippen molar-refractivity contribution in [3.8, 4) is 0 Å². The van der Waals surface area contributed by atoms with Crippen molar-refractivity contribution in [2.45, 2.75) is 18.6 Å². The van der Waals surface area contributed by atoms with Crippen molar-refractivity contribution in [2.75, 3.05) is 23.9 Å². The van der Waals surface area contributed by atoms with Gasteiger partial charge in [-0.25, -0.2) is 4.79 Å². The van der Waals surface area contributed by atoms with Crippen LogP contribution >= 0.6 is 23.4 Å². The molecule has 2 N–H and O–H groups in total. The maximum Gasteiger partial charge on any atom is 0.418 e. The summed E-state index contributed by atoms with van der Waals surface area (Å²) in [7, 11) is 0. The van der Waals surface area contributed by atoms with Crippen LogP contribution in [-0.4, -0.2) is 42.4 Å². The highest BCUT2D eigenvalue weighted by atomic mass is 35.5. The molecule has 2 aromatic carbocycles. The van der Waals surface area contributed by atoms with Crippen molar-refractivity contribution in [3.63, 3.8) is 0 Å². The summed E-state index contributed by atoms with van der Waals surface area (Å²) in [5, 5.41) is 4.80. The molecule has 1 atom stereocenters. The molecular formula is C21H20ClF3N2O4S. The van der Waals surface area contributed by atoms with Gasteiger partial charge in [0.2, 0.25) is 0 Å². The van der Waals surface area contributed by atoms with Gasteiger partial charge in [-0.3, -0.25) is 9.59 Å². The van der Waals surface area contributed by atoms with Crippen molar-refractivity contribution in [1.82, 2.24) is 5.32 Å². The lowest BCUT2D eigenvalue weighted by Gasteiger charge is -2.18. The van der Waals surface area contributed by atoms with Crippen molar-refractivity contribution in [1.29, 1.82) is 0 Å². The van der Waals surface area contributed by atoms with E-state index in [4.69, 9.17) is 16.3 Å². The normalized spacial score (nSPS) is 12.0. The molecule has 2 aromatic rings. The molecule has 0 aliphatic carbocycles. The first-order chi connectivity index (χ1) is 15.1. The monoisotopic (exact) mass is 488 g/mol. The Morgan fingerprint density at radius 3 is 2.41 bits per heavy atom. The first-order valence-corrected chi connectivity index (χ1v) is 11.1. The van der Waals surface area contributed by atoms with Gasteiger partial charge in [0.05, 0.1) is 21.8 Å². The highest BCUT2D eigenvalue weighted by Crippen LogP contribution is 2.34. The van der Waals surface area contributed by atoms with Crippen LogP contribution in [0.3, 0.4) is 0 Å². The summed E-state index contributed by atoms with van der Waals surface area (Å²) < 4.78 is 44.1. The van der Waals surface area contributed by atoms with Gasteiger partial charge in [0.25, 0.3) is 11.8 Å². The van der Waals surface area contributed by atoms with Crippen LogP contribution in [0.4, 0.5) is 18.9 Å². The zero-order valence-electron chi connectivity index (χ0n) is 16.9. The van der Waals surface area contributed by atoms with Gasteiger partial charge in [-0.15, -0.1) is 0 Å². The highest BCUT2D eigenvalue weighted by molar-refractivity contribution is 7.98. The number of para-hydroxylation sites is 1. The average molecular weight is 489 g/mol. The van der Waals surface area contributed by atoms with Gasteiger partial charge in [-0.1, -0.05) is 35.9 Å². The Balaban J connectivity index is 2.00. The fraction of sp³-hybridized carbons (Fsp3) is 0.286. The summed E-state index contributed by atoms with van der Waals surface area (Å²) in [4.78, 5) is 37.0. The maximum atomic E-state index is 13.0. The van der Waals surface area contributed by atoms with Crippen LogP contribution in [-0.2, 0) is 20.5 Å².